The molecule has 0 aromatic carbocycles. The second-order valence-electron chi connectivity index (χ2n) is 10.1. The third kappa shape index (κ3) is 2.64. The van der Waals surface area contributed by atoms with E-state index in [9.17, 15) is 4.79 Å². The summed E-state index contributed by atoms with van der Waals surface area (Å²) in [5.74, 6) is 3.95. The van der Waals surface area contributed by atoms with Gasteiger partial charge in [0.1, 0.15) is 12.6 Å². The van der Waals surface area contributed by atoms with Crippen molar-refractivity contribution in [2.45, 2.75) is 84.7 Å². The zero-order valence-electron chi connectivity index (χ0n) is 16.3. The highest BCUT2D eigenvalue weighted by Gasteiger charge is 2.60. The number of carbonyl (C=O) groups excluding carboxylic acids is 1. The van der Waals surface area contributed by atoms with Gasteiger partial charge in [-0.15, -0.1) is 0 Å². The third-order valence-electron chi connectivity index (χ3n) is 9.42. The molecule has 0 aliphatic heterocycles. The lowest BCUT2D eigenvalue weighted by atomic mass is 9.44. The molecular formula is C22H36O3. The van der Waals surface area contributed by atoms with Crippen LogP contribution < -0.4 is 0 Å². The van der Waals surface area contributed by atoms with E-state index in [0.29, 0.717) is 17.1 Å². The minimum atomic E-state index is -0.132. The van der Waals surface area contributed by atoms with Crippen molar-refractivity contribution >= 4 is 5.78 Å². The number of carbonyl (C=O) groups is 1. The molecular weight excluding hydrogens is 312 g/mol. The van der Waals surface area contributed by atoms with Gasteiger partial charge in [0.15, 0.2) is 0 Å². The van der Waals surface area contributed by atoms with E-state index in [1.165, 1.54) is 38.5 Å². The molecule has 0 aromatic rings. The summed E-state index contributed by atoms with van der Waals surface area (Å²) in [5, 5.41) is 9.12. The first-order valence-electron chi connectivity index (χ1n) is 10.6. The van der Waals surface area contributed by atoms with Gasteiger partial charge in [-0.2, -0.15) is 0 Å². The quantitative estimate of drug-likeness (QED) is 0.760. The van der Waals surface area contributed by atoms with Crippen molar-refractivity contribution in [1.29, 1.82) is 0 Å². The predicted octanol–water partition coefficient (Wildman–Crippen LogP) is 4.57. The topological polar surface area (TPSA) is 46.5 Å². The van der Waals surface area contributed by atoms with E-state index in [4.69, 9.17) is 9.84 Å². The Morgan fingerprint density at radius 2 is 1.72 bits per heavy atom. The molecule has 3 nitrogen and oxygen atoms in total. The summed E-state index contributed by atoms with van der Waals surface area (Å²) in [7, 11) is 0. The minimum Gasteiger partial charge on any atom is -0.371 e. The van der Waals surface area contributed by atoms with Gasteiger partial charge in [0, 0.05) is 5.92 Å². The molecule has 4 saturated carbocycles. The van der Waals surface area contributed by atoms with E-state index in [2.05, 4.69) is 13.8 Å². The summed E-state index contributed by atoms with van der Waals surface area (Å²) < 4.78 is 5.56. The molecule has 4 rings (SSSR count). The highest BCUT2D eigenvalue weighted by atomic mass is 16.6. The lowest BCUT2D eigenvalue weighted by Gasteiger charge is -2.61. The number of aliphatic hydroxyl groups is 1. The van der Waals surface area contributed by atoms with Crippen LogP contribution >= 0.6 is 0 Å². The molecule has 142 valence electrons. The molecule has 0 bridgehead atoms. The first kappa shape index (κ1) is 18.0. The Balaban J connectivity index is 1.55. The predicted molar refractivity (Wildman–Crippen MR) is 97.9 cm³/mol. The molecule has 0 saturated heterocycles. The fraction of sp³-hybridized carbons (Fsp3) is 0.955. The summed E-state index contributed by atoms with van der Waals surface area (Å²) in [6.07, 6.45) is 11.4. The summed E-state index contributed by atoms with van der Waals surface area (Å²) in [4.78, 5) is 12.2. The number of hydrogen-bond acceptors (Lipinski definition) is 3. The minimum absolute atomic E-state index is 0.132. The van der Waals surface area contributed by atoms with Crippen molar-refractivity contribution < 1.29 is 14.6 Å². The SMILES string of the molecule is CC(=O)[C@H]1CC[C@H]2[C@@H]3CC[C@H]4C[C@H](OCO)CC[C@]4(C)[C@H]3CC[C@]12C. The van der Waals surface area contributed by atoms with Crippen LogP contribution in [-0.2, 0) is 9.53 Å². The molecule has 3 heteroatoms. The molecule has 0 radical (unpaired) electrons. The number of ether oxygens (including phenoxy) is 1. The van der Waals surface area contributed by atoms with Crippen molar-refractivity contribution in [2.24, 2.45) is 40.4 Å². The Labute approximate surface area is 152 Å². The zero-order valence-corrected chi connectivity index (χ0v) is 16.3. The number of hydrogen-bond donors (Lipinski definition) is 1. The summed E-state index contributed by atoms with van der Waals surface area (Å²) in [5.41, 5.74) is 0.723. The van der Waals surface area contributed by atoms with Crippen LogP contribution in [0.2, 0.25) is 0 Å². The van der Waals surface area contributed by atoms with Crippen molar-refractivity contribution in [1.82, 2.24) is 0 Å². The van der Waals surface area contributed by atoms with E-state index < -0.39 is 0 Å². The number of fused-ring (bicyclic) bond motifs is 5. The zero-order chi connectivity index (χ0) is 17.8. The van der Waals surface area contributed by atoms with Crippen LogP contribution in [0.15, 0.2) is 0 Å². The van der Waals surface area contributed by atoms with Crippen LogP contribution in [0.5, 0.6) is 0 Å². The molecule has 0 aromatic heterocycles. The summed E-state index contributed by atoms with van der Waals surface area (Å²) >= 11 is 0. The molecule has 8 atom stereocenters. The van der Waals surface area contributed by atoms with Gasteiger partial charge in [-0.25, -0.2) is 0 Å². The maximum absolute atomic E-state index is 12.2. The molecule has 0 unspecified atom stereocenters. The Morgan fingerprint density at radius 3 is 2.44 bits per heavy atom. The number of rotatable bonds is 3. The van der Waals surface area contributed by atoms with Crippen molar-refractivity contribution in [3.8, 4) is 0 Å². The van der Waals surface area contributed by atoms with Gasteiger partial charge in [-0.05, 0) is 99.2 Å². The first-order valence-corrected chi connectivity index (χ1v) is 10.6. The lowest BCUT2D eigenvalue weighted by Crippen LogP contribution is -2.54. The Bertz CT molecular complexity index is 531. The molecule has 4 aliphatic rings. The average molecular weight is 349 g/mol. The Kier molecular flexibility index (Phi) is 4.56. The molecule has 4 fully saturated rings. The molecule has 4 aliphatic carbocycles. The highest BCUT2D eigenvalue weighted by molar-refractivity contribution is 5.79. The van der Waals surface area contributed by atoms with Crippen LogP contribution in [-0.4, -0.2) is 23.8 Å². The van der Waals surface area contributed by atoms with Gasteiger partial charge < -0.3 is 9.84 Å². The number of ketones is 1. The van der Waals surface area contributed by atoms with Crippen LogP contribution in [0.3, 0.4) is 0 Å². The largest absolute Gasteiger partial charge is 0.371 e. The van der Waals surface area contributed by atoms with Gasteiger partial charge in [-0.3, -0.25) is 4.79 Å². The standard InChI is InChI=1S/C22H36O3/c1-14(24)18-6-7-19-17-5-4-15-12-16(25-13-23)8-10-21(15,2)20(17)9-11-22(18,19)3/h15-20,23H,4-13H2,1-3H3/t15-,16+,17-,18+,19-,20-,21-,22+/m0/s1. The van der Waals surface area contributed by atoms with Crippen molar-refractivity contribution in [3.63, 3.8) is 0 Å². The van der Waals surface area contributed by atoms with Crippen LogP contribution in [0.4, 0.5) is 0 Å². The van der Waals surface area contributed by atoms with E-state index in [1.807, 2.05) is 6.92 Å². The van der Waals surface area contributed by atoms with Crippen LogP contribution in [0.1, 0.15) is 78.6 Å². The van der Waals surface area contributed by atoms with Gasteiger partial charge in [-0.1, -0.05) is 13.8 Å². The Morgan fingerprint density at radius 1 is 1.00 bits per heavy atom. The van der Waals surface area contributed by atoms with Gasteiger partial charge in [0.2, 0.25) is 0 Å². The van der Waals surface area contributed by atoms with Gasteiger partial charge in [0.25, 0.3) is 0 Å². The van der Waals surface area contributed by atoms with Crippen molar-refractivity contribution in [3.05, 3.63) is 0 Å². The van der Waals surface area contributed by atoms with Crippen LogP contribution in [0.25, 0.3) is 0 Å². The van der Waals surface area contributed by atoms with Gasteiger partial charge in [0.05, 0.1) is 6.10 Å². The molecule has 0 spiro atoms. The van der Waals surface area contributed by atoms with Gasteiger partial charge >= 0.3 is 0 Å². The lowest BCUT2D eigenvalue weighted by molar-refractivity contribution is -0.151. The fourth-order valence-corrected chi connectivity index (χ4v) is 8.14. The van der Waals surface area contributed by atoms with E-state index in [-0.39, 0.29) is 18.3 Å². The first-order chi connectivity index (χ1) is 11.9. The maximum Gasteiger partial charge on any atom is 0.143 e. The monoisotopic (exact) mass is 348 g/mol. The van der Waals surface area contributed by atoms with E-state index >= 15 is 0 Å². The second-order valence-corrected chi connectivity index (χ2v) is 10.1. The molecule has 1 N–H and O–H groups in total. The highest BCUT2D eigenvalue weighted by Crippen LogP contribution is 2.67. The Hall–Kier alpha value is -0.410. The fourth-order valence-electron chi connectivity index (χ4n) is 8.14. The number of aliphatic hydroxyl groups excluding tert-OH is 1. The van der Waals surface area contributed by atoms with Crippen molar-refractivity contribution in [2.75, 3.05) is 6.79 Å². The molecule has 25 heavy (non-hydrogen) atoms. The van der Waals surface area contributed by atoms with E-state index in [0.717, 1.165) is 42.9 Å². The summed E-state index contributed by atoms with van der Waals surface area (Å²) in [6, 6.07) is 0. The summed E-state index contributed by atoms with van der Waals surface area (Å²) in [6.45, 7) is 6.69. The third-order valence-corrected chi connectivity index (χ3v) is 9.42. The number of Topliss-reactive ketones (excluding diaryl/α,β-unsaturated/α-hetero) is 1. The maximum atomic E-state index is 12.2. The van der Waals surface area contributed by atoms with Crippen LogP contribution in [0, 0.1) is 40.4 Å². The molecule has 0 heterocycles. The van der Waals surface area contributed by atoms with E-state index in [1.54, 1.807) is 0 Å². The smallest absolute Gasteiger partial charge is 0.143 e. The second kappa shape index (κ2) is 6.34. The normalized spacial score (nSPS) is 52.2. The molecule has 0 amide bonds. The average Bonchev–Trinajstić information content (AvgIpc) is 2.93.